The average Bonchev–Trinajstić information content (AvgIpc) is 3.49. The Kier molecular flexibility index (Phi) is 7.15. The summed E-state index contributed by atoms with van der Waals surface area (Å²) in [6.07, 6.45) is 2.84. The van der Waals surface area contributed by atoms with Crippen LogP contribution in [0.2, 0.25) is 0 Å². The quantitative estimate of drug-likeness (QED) is 0.317. The predicted octanol–water partition coefficient (Wildman–Crippen LogP) is 3.74. The van der Waals surface area contributed by atoms with Gasteiger partial charge in [-0.25, -0.2) is 23.1 Å². The van der Waals surface area contributed by atoms with Gasteiger partial charge in [0.05, 0.1) is 11.4 Å². The third kappa shape index (κ3) is 4.85. The smallest absolute Gasteiger partial charge is 0.335 e. The van der Waals surface area contributed by atoms with Gasteiger partial charge in [-0.2, -0.15) is 4.98 Å². The Balaban J connectivity index is 1.46. The third-order valence-corrected chi connectivity index (χ3v) is 7.54. The van der Waals surface area contributed by atoms with E-state index in [1.165, 1.54) is 28.8 Å². The fourth-order valence-corrected chi connectivity index (χ4v) is 5.34. The minimum absolute atomic E-state index is 0.0909. The standard InChI is InChI=1S/C31H28F2N8O3/c1-16(2)40-15-23(29(43)41(31(40)44)20-7-5-19(32)6-8-20)28(42)37-25-13-21(17(3)11-24(25)33)22-12-18-14-36-30(34-4)38-26(18)39-10-9-35-27(22)39/h5-8,11-16,35H,9-10H2,1-4H3,(H,37,42). The summed E-state index contributed by atoms with van der Waals surface area (Å²) in [6.45, 7) is 6.49. The lowest BCUT2D eigenvalue weighted by atomic mass is 9.98. The van der Waals surface area contributed by atoms with Gasteiger partial charge in [-0.3, -0.25) is 19.1 Å². The molecule has 0 radical (unpaired) electrons. The second kappa shape index (κ2) is 11.0. The van der Waals surface area contributed by atoms with Gasteiger partial charge >= 0.3 is 5.69 Å². The van der Waals surface area contributed by atoms with Crippen molar-refractivity contribution in [3.8, 4) is 28.2 Å². The number of nitrogens with one attached hydrogen (secondary N) is 2. The molecule has 0 atom stereocenters. The second-order valence-corrected chi connectivity index (χ2v) is 10.7. The molecule has 11 nitrogen and oxygen atoms in total. The van der Waals surface area contributed by atoms with E-state index in [4.69, 9.17) is 0 Å². The van der Waals surface area contributed by atoms with Crippen molar-refractivity contribution >= 4 is 17.4 Å². The van der Waals surface area contributed by atoms with E-state index < -0.39 is 34.8 Å². The Morgan fingerprint density at radius 2 is 1.84 bits per heavy atom. The molecule has 224 valence electrons. The Morgan fingerprint density at radius 1 is 1.09 bits per heavy atom. The number of halogens is 2. The number of fused-ring (bicyclic) bond motifs is 3. The van der Waals surface area contributed by atoms with Crippen molar-refractivity contribution < 1.29 is 13.6 Å². The first-order valence-corrected chi connectivity index (χ1v) is 13.9. The van der Waals surface area contributed by atoms with Crippen LogP contribution in [0.15, 0.2) is 69.4 Å². The molecule has 3 aliphatic heterocycles. The van der Waals surface area contributed by atoms with E-state index in [0.29, 0.717) is 35.7 Å². The van der Waals surface area contributed by atoms with E-state index in [9.17, 15) is 18.8 Å². The van der Waals surface area contributed by atoms with Gasteiger partial charge in [0.2, 0.25) is 5.62 Å². The molecule has 6 rings (SSSR count). The van der Waals surface area contributed by atoms with Crippen molar-refractivity contribution in [1.29, 1.82) is 0 Å². The fraction of sp³-hybridized carbons (Fsp3) is 0.226. The number of carbonyl (C=O) groups is 1. The number of hydrogen-bond acceptors (Lipinski definition) is 7. The molecule has 0 saturated heterocycles. The maximum atomic E-state index is 15.3. The van der Waals surface area contributed by atoms with Crippen LogP contribution >= 0.6 is 0 Å². The molecule has 3 aliphatic rings. The summed E-state index contributed by atoms with van der Waals surface area (Å²) in [5.74, 6) is -0.683. The van der Waals surface area contributed by atoms with Crippen LogP contribution in [0.5, 0.6) is 0 Å². The Labute approximate surface area is 249 Å². The van der Waals surface area contributed by atoms with Gasteiger partial charge < -0.3 is 15.2 Å². The molecular weight excluding hydrogens is 570 g/mol. The Bertz CT molecular complexity index is 2110. The molecule has 2 aromatic carbocycles. The maximum Gasteiger partial charge on any atom is 0.335 e. The van der Waals surface area contributed by atoms with Crippen LogP contribution < -0.4 is 27.5 Å². The summed E-state index contributed by atoms with van der Waals surface area (Å²) in [5.41, 5.74) is 1.05. The molecule has 4 heterocycles. The van der Waals surface area contributed by atoms with Crippen LogP contribution in [0.25, 0.3) is 28.2 Å². The highest BCUT2D eigenvalue weighted by molar-refractivity contribution is 6.04. The summed E-state index contributed by atoms with van der Waals surface area (Å²) in [5, 5.41) is 5.90. The number of aryl methyl sites for hydroxylation is 1. The molecule has 3 aromatic rings. The normalized spacial score (nSPS) is 12.9. The van der Waals surface area contributed by atoms with E-state index in [2.05, 4.69) is 25.6 Å². The van der Waals surface area contributed by atoms with Gasteiger partial charge in [0.25, 0.3) is 11.5 Å². The number of nitrogens with zero attached hydrogens (tertiary/aromatic N) is 6. The molecule has 44 heavy (non-hydrogen) atoms. The molecule has 0 saturated carbocycles. The predicted molar refractivity (Wildman–Crippen MR) is 161 cm³/mol. The van der Waals surface area contributed by atoms with E-state index >= 15 is 4.39 Å². The minimum Gasteiger partial charge on any atom is -0.369 e. The summed E-state index contributed by atoms with van der Waals surface area (Å²) < 4.78 is 33.0. The van der Waals surface area contributed by atoms with Crippen molar-refractivity contribution in [2.24, 2.45) is 4.99 Å². The largest absolute Gasteiger partial charge is 0.369 e. The molecule has 0 bridgehead atoms. The first-order valence-electron chi connectivity index (χ1n) is 13.9. The highest BCUT2D eigenvalue weighted by Crippen LogP contribution is 2.39. The van der Waals surface area contributed by atoms with Crippen LogP contribution in [-0.2, 0) is 6.54 Å². The second-order valence-electron chi connectivity index (χ2n) is 10.7. The number of anilines is 2. The SMILES string of the molecule is CN=c1ncc2cc(-c3cc(NC(=O)c4cn(C(C)C)c(=O)n(-c5ccc(F)cc5)c4=O)c(F)cc3C)c3n(c-2n1)CCN3. The van der Waals surface area contributed by atoms with E-state index in [-0.39, 0.29) is 16.9 Å². The summed E-state index contributed by atoms with van der Waals surface area (Å²) >= 11 is 0. The number of hydrogen-bond donors (Lipinski definition) is 2. The zero-order chi connectivity index (χ0) is 31.3. The van der Waals surface area contributed by atoms with Crippen LogP contribution in [0.4, 0.5) is 20.3 Å². The average molecular weight is 599 g/mol. The lowest BCUT2D eigenvalue weighted by Gasteiger charge is -2.19. The van der Waals surface area contributed by atoms with Gasteiger partial charge in [-0.05, 0) is 74.4 Å². The molecule has 1 amide bonds. The summed E-state index contributed by atoms with van der Waals surface area (Å²) in [6, 6.07) is 9.05. The van der Waals surface area contributed by atoms with Crippen molar-refractivity contribution in [2.45, 2.75) is 33.4 Å². The molecular formula is C31H28F2N8O3. The van der Waals surface area contributed by atoms with Crippen molar-refractivity contribution in [1.82, 2.24) is 23.7 Å². The van der Waals surface area contributed by atoms with Crippen molar-refractivity contribution in [3.63, 3.8) is 0 Å². The molecule has 1 aromatic heterocycles. The number of carbonyl (C=O) groups excluding carboxylic acids is 1. The topological polar surface area (TPSA) is 128 Å². The number of benzene rings is 2. The minimum atomic E-state index is -0.921. The molecule has 0 unspecified atom stereocenters. The third-order valence-electron chi connectivity index (χ3n) is 7.54. The number of aromatic nitrogens is 5. The Morgan fingerprint density at radius 3 is 2.55 bits per heavy atom. The molecule has 0 aliphatic carbocycles. The number of pyridine rings is 1. The van der Waals surface area contributed by atoms with Crippen LogP contribution in [0.3, 0.4) is 0 Å². The zero-order valence-electron chi connectivity index (χ0n) is 24.4. The lowest BCUT2D eigenvalue weighted by Crippen LogP contribution is -2.42. The lowest BCUT2D eigenvalue weighted by molar-refractivity contribution is 0.102. The molecule has 13 heteroatoms. The van der Waals surface area contributed by atoms with Gasteiger partial charge in [0.15, 0.2) is 0 Å². The summed E-state index contributed by atoms with van der Waals surface area (Å²) in [7, 11) is 1.62. The van der Waals surface area contributed by atoms with E-state index in [1.54, 1.807) is 34.0 Å². The number of amides is 1. The fourth-order valence-electron chi connectivity index (χ4n) is 5.34. The van der Waals surface area contributed by atoms with Crippen LogP contribution in [0.1, 0.15) is 35.8 Å². The van der Waals surface area contributed by atoms with Gasteiger partial charge in [0.1, 0.15) is 28.8 Å². The van der Waals surface area contributed by atoms with E-state index in [0.717, 1.165) is 39.8 Å². The maximum absolute atomic E-state index is 15.3. The van der Waals surface area contributed by atoms with Crippen molar-refractivity contribution in [2.75, 3.05) is 24.2 Å². The molecule has 0 spiro atoms. The van der Waals surface area contributed by atoms with Gasteiger partial charge in [-0.15, -0.1) is 0 Å². The van der Waals surface area contributed by atoms with Gasteiger partial charge in [0, 0.05) is 49.7 Å². The van der Waals surface area contributed by atoms with Gasteiger partial charge in [-0.1, -0.05) is 0 Å². The Hall–Kier alpha value is -5.46. The highest BCUT2D eigenvalue weighted by atomic mass is 19.1. The molecule has 2 N–H and O–H groups in total. The zero-order valence-corrected chi connectivity index (χ0v) is 24.4. The number of rotatable bonds is 5. The first kappa shape index (κ1) is 28.6. The van der Waals surface area contributed by atoms with Crippen LogP contribution in [-0.4, -0.2) is 43.2 Å². The highest BCUT2D eigenvalue weighted by Gasteiger charge is 2.25. The first-order chi connectivity index (χ1) is 21.1. The monoisotopic (exact) mass is 598 g/mol. The van der Waals surface area contributed by atoms with E-state index in [1.807, 2.05) is 10.6 Å². The van der Waals surface area contributed by atoms with Crippen molar-refractivity contribution in [3.05, 3.63) is 104 Å². The van der Waals surface area contributed by atoms with Crippen LogP contribution in [0, 0.1) is 18.6 Å². The summed E-state index contributed by atoms with van der Waals surface area (Å²) in [4.78, 5) is 53.1. The molecule has 0 fully saturated rings.